The van der Waals surface area contributed by atoms with Crippen molar-refractivity contribution in [3.05, 3.63) is 82.3 Å². The smallest absolute Gasteiger partial charge is 0.264 e. The molecule has 0 aliphatic rings. The number of rotatable bonds is 16. The standard InChI is InChI=1S/C32H39Cl2N3O5S2/c1-5-8-19-35-32(39)28(6-2)36(21-23-13-14-24(33)20-27(23)34)31(38)22-37(29-11-9-10-12-30(29)42-7-3)44(40,41)26-17-15-25(43-4)16-18-26/h9-18,20,28H,5-8,19,21-22H2,1-4H3,(H,35,39). The van der Waals surface area contributed by atoms with E-state index in [4.69, 9.17) is 27.9 Å². The van der Waals surface area contributed by atoms with Crippen molar-refractivity contribution in [3.63, 3.8) is 0 Å². The van der Waals surface area contributed by atoms with E-state index in [9.17, 15) is 18.0 Å². The average molecular weight is 681 g/mol. The highest BCUT2D eigenvalue weighted by molar-refractivity contribution is 7.98. The number of hydrogen-bond donors (Lipinski definition) is 1. The number of sulfonamides is 1. The predicted octanol–water partition coefficient (Wildman–Crippen LogP) is 7.03. The third-order valence-electron chi connectivity index (χ3n) is 6.93. The van der Waals surface area contributed by atoms with Gasteiger partial charge < -0.3 is 15.0 Å². The minimum absolute atomic E-state index is 0.0195. The lowest BCUT2D eigenvalue weighted by Gasteiger charge is -2.33. The molecular weight excluding hydrogens is 641 g/mol. The lowest BCUT2D eigenvalue weighted by atomic mass is 10.1. The summed E-state index contributed by atoms with van der Waals surface area (Å²) >= 11 is 14.1. The monoisotopic (exact) mass is 679 g/mol. The minimum Gasteiger partial charge on any atom is -0.492 e. The van der Waals surface area contributed by atoms with Gasteiger partial charge in [-0.05, 0) is 80.1 Å². The molecule has 0 bridgehead atoms. The molecule has 0 radical (unpaired) electrons. The average Bonchev–Trinajstić information content (AvgIpc) is 3.01. The first-order valence-electron chi connectivity index (χ1n) is 14.5. The van der Waals surface area contributed by atoms with Crippen LogP contribution in [0.25, 0.3) is 0 Å². The van der Waals surface area contributed by atoms with Crippen molar-refractivity contribution in [2.24, 2.45) is 0 Å². The quantitative estimate of drug-likeness (QED) is 0.129. The first kappa shape index (κ1) is 35.6. The number of nitrogens with one attached hydrogen (secondary N) is 1. The van der Waals surface area contributed by atoms with Gasteiger partial charge in [0.05, 0.1) is 17.2 Å². The number of carbonyl (C=O) groups excluding carboxylic acids is 2. The summed E-state index contributed by atoms with van der Waals surface area (Å²) in [6, 6.07) is 17.2. The summed E-state index contributed by atoms with van der Waals surface area (Å²) < 4.78 is 35.3. The molecule has 1 unspecified atom stereocenters. The van der Waals surface area contributed by atoms with E-state index in [0.717, 1.165) is 22.0 Å². The molecule has 1 atom stereocenters. The Balaban J connectivity index is 2.11. The zero-order valence-corrected chi connectivity index (χ0v) is 28.5. The summed E-state index contributed by atoms with van der Waals surface area (Å²) in [6.07, 6.45) is 3.88. The van der Waals surface area contributed by atoms with Gasteiger partial charge in [0.15, 0.2) is 0 Å². The molecule has 3 aromatic rings. The Hall–Kier alpha value is -2.92. The van der Waals surface area contributed by atoms with Crippen molar-refractivity contribution in [1.29, 1.82) is 0 Å². The molecule has 3 rings (SSSR count). The largest absolute Gasteiger partial charge is 0.492 e. The van der Waals surface area contributed by atoms with Crippen molar-refractivity contribution in [3.8, 4) is 5.75 Å². The second-order valence-electron chi connectivity index (χ2n) is 9.91. The molecule has 0 aromatic heterocycles. The summed E-state index contributed by atoms with van der Waals surface area (Å²) in [7, 11) is -4.25. The first-order chi connectivity index (χ1) is 21.1. The molecule has 1 N–H and O–H groups in total. The van der Waals surface area contributed by atoms with E-state index >= 15 is 0 Å². The van der Waals surface area contributed by atoms with E-state index in [2.05, 4.69) is 5.32 Å². The van der Waals surface area contributed by atoms with Crippen LogP contribution in [-0.4, -0.2) is 57.1 Å². The molecule has 0 fully saturated rings. The van der Waals surface area contributed by atoms with Gasteiger partial charge in [0.25, 0.3) is 10.0 Å². The number of halogens is 2. The van der Waals surface area contributed by atoms with E-state index in [1.807, 2.05) is 13.2 Å². The molecule has 8 nitrogen and oxygen atoms in total. The highest BCUT2D eigenvalue weighted by atomic mass is 35.5. The van der Waals surface area contributed by atoms with Gasteiger partial charge in [0.2, 0.25) is 11.8 Å². The Labute approximate surface area is 275 Å². The summed E-state index contributed by atoms with van der Waals surface area (Å²) in [5.41, 5.74) is 0.780. The van der Waals surface area contributed by atoms with Crippen LogP contribution in [0.4, 0.5) is 5.69 Å². The van der Waals surface area contributed by atoms with Crippen LogP contribution in [0.3, 0.4) is 0 Å². The maximum Gasteiger partial charge on any atom is 0.264 e. The number of unbranched alkanes of at least 4 members (excludes halogenated alkanes) is 1. The van der Waals surface area contributed by atoms with Gasteiger partial charge in [-0.25, -0.2) is 8.42 Å². The number of benzene rings is 3. The van der Waals surface area contributed by atoms with Crippen molar-refractivity contribution < 1.29 is 22.7 Å². The lowest BCUT2D eigenvalue weighted by molar-refractivity contribution is -0.140. The molecular formula is C32H39Cl2N3O5S2. The van der Waals surface area contributed by atoms with Crippen LogP contribution in [-0.2, 0) is 26.2 Å². The zero-order valence-electron chi connectivity index (χ0n) is 25.4. The molecule has 238 valence electrons. The number of ether oxygens (including phenoxy) is 1. The van der Waals surface area contributed by atoms with Crippen LogP contribution in [0.5, 0.6) is 5.75 Å². The van der Waals surface area contributed by atoms with Gasteiger partial charge in [-0.1, -0.05) is 61.7 Å². The topological polar surface area (TPSA) is 96.0 Å². The Morgan fingerprint density at radius 1 is 1.00 bits per heavy atom. The lowest BCUT2D eigenvalue weighted by Crippen LogP contribution is -2.52. The third kappa shape index (κ3) is 9.06. The van der Waals surface area contributed by atoms with E-state index in [-0.39, 0.29) is 29.6 Å². The van der Waals surface area contributed by atoms with Crippen LogP contribution < -0.4 is 14.4 Å². The Morgan fingerprint density at radius 2 is 1.70 bits per heavy atom. The highest BCUT2D eigenvalue weighted by Crippen LogP contribution is 2.33. The van der Waals surface area contributed by atoms with Crippen molar-refractivity contribution in [2.45, 2.75) is 62.4 Å². The fourth-order valence-corrected chi connectivity index (χ4v) is 6.89. The molecule has 0 spiro atoms. The van der Waals surface area contributed by atoms with Gasteiger partial charge >= 0.3 is 0 Å². The van der Waals surface area contributed by atoms with Crippen molar-refractivity contribution in [1.82, 2.24) is 10.2 Å². The van der Waals surface area contributed by atoms with E-state index in [1.54, 1.807) is 68.4 Å². The van der Waals surface area contributed by atoms with Crippen LogP contribution in [0.2, 0.25) is 10.0 Å². The summed E-state index contributed by atoms with van der Waals surface area (Å²) in [5.74, 6) is -0.593. The summed E-state index contributed by atoms with van der Waals surface area (Å²) in [6.45, 7) is 5.76. The van der Waals surface area contributed by atoms with Gasteiger partial charge in [0.1, 0.15) is 18.3 Å². The zero-order chi connectivity index (χ0) is 32.3. The SMILES string of the molecule is CCCCNC(=O)C(CC)N(Cc1ccc(Cl)cc1Cl)C(=O)CN(c1ccccc1OCC)S(=O)(=O)c1ccc(SC)cc1. The van der Waals surface area contributed by atoms with Gasteiger partial charge in [0, 0.05) is 28.0 Å². The minimum atomic E-state index is -4.25. The first-order valence-corrected chi connectivity index (χ1v) is 17.9. The molecule has 0 aliphatic heterocycles. The number of amides is 2. The molecule has 44 heavy (non-hydrogen) atoms. The molecule has 0 saturated carbocycles. The number of nitrogens with zero attached hydrogens (tertiary/aromatic N) is 2. The fraction of sp³-hybridized carbons (Fsp3) is 0.375. The number of hydrogen-bond acceptors (Lipinski definition) is 6. The normalized spacial score (nSPS) is 12.0. The maximum atomic E-state index is 14.3. The molecule has 0 heterocycles. The Bertz CT molecular complexity index is 1520. The van der Waals surface area contributed by atoms with E-state index in [1.165, 1.54) is 28.8 Å². The van der Waals surface area contributed by atoms with Gasteiger partial charge in [-0.15, -0.1) is 11.8 Å². The summed E-state index contributed by atoms with van der Waals surface area (Å²) in [5, 5.41) is 3.68. The molecule has 0 saturated heterocycles. The molecule has 12 heteroatoms. The highest BCUT2D eigenvalue weighted by Gasteiger charge is 2.35. The van der Waals surface area contributed by atoms with Crippen LogP contribution >= 0.6 is 35.0 Å². The molecule has 2 amide bonds. The summed E-state index contributed by atoms with van der Waals surface area (Å²) in [4.78, 5) is 30.0. The number of carbonyl (C=O) groups is 2. The number of anilines is 1. The third-order valence-corrected chi connectivity index (χ3v) is 10.0. The second-order valence-corrected chi connectivity index (χ2v) is 13.5. The van der Waals surface area contributed by atoms with E-state index in [0.29, 0.717) is 34.3 Å². The van der Waals surface area contributed by atoms with Crippen molar-refractivity contribution >= 4 is 62.5 Å². The fourth-order valence-electron chi connectivity index (χ4n) is 4.59. The maximum absolute atomic E-state index is 14.3. The van der Waals surface area contributed by atoms with Crippen LogP contribution in [0, 0.1) is 0 Å². The number of para-hydroxylation sites is 2. The van der Waals surface area contributed by atoms with E-state index < -0.39 is 28.5 Å². The van der Waals surface area contributed by atoms with Gasteiger partial charge in [-0.3, -0.25) is 13.9 Å². The molecule has 0 aliphatic carbocycles. The Kier molecular flexibility index (Phi) is 13.7. The van der Waals surface area contributed by atoms with Crippen molar-refractivity contribution in [2.75, 3.05) is 30.3 Å². The second kappa shape index (κ2) is 17.0. The predicted molar refractivity (Wildman–Crippen MR) is 179 cm³/mol. The van der Waals surface area contributed by atoms with Gasteiger partial charge in [-0.2, -0.15) is 0 Å². The number of thioether (sulfide) groups is 1. The Morgan fingerprint density at radius 3 is 2.32 bits per heavy atom. The molecule has 3 aromatic carbocycles. The van der Waals surface area contributed by atoms with Crippen LogP contribution in [0.1, 0.15) is 45.6 Å². The van der Waals surface area contributed by atoms with Crippen LogP contribution in [0.15, 0.2) is 76.5 Å².